The van der Waals surface area contributed by atoms with Gasteiger partial charge in [-0.25, -0.2) is 0 Å². The zero-order chi connectivity index (χ0) is 16.0. The summed E-state index contributed by atoms with van der Waals surface area (Å²) < 4.78 is 8.28. The van der Waals surface area contributed by atoms with Crippen LogP contribution >= 0.6 is 19.8 Å². The molecule has 0 spiro atoms. The number of anilines is 2. The second-order valence-corrected chi connectivity index (χ2v) is 12.3. The van der Waals surface area contributed by atoms with Gasteiger partial charge >= 0.3 is 142 Å². The fourth-order valence-corrected chi connectivity index (χ4v) is 9.53. The van der Waals surface area contributed by atoms with E-state index in [4.69, 9.17) is 10.5 Å². The van der Waals surface area contributed by atoms with Gasteiger partial charge in [0.05, 0.1) is 0 Å². The van der Waals surface area contributed by atoms with Crippen molar-refractivity contribution in [3.63, 3.8) is 0 Å². The number of nitrogens with zero attached hydrogens (tertiary/aromatic N) is 2. The first-order chi connectivity index (χ1) is 11.2. The van der Waals surface area contributed by atoms with Crippen molar-refractivity contribution in [2.45, 2.75) is 16.4 Å². The Hall–Kier alpha value is -1.35. The van der Waals surface area contributed by atoms with Gasteiger partial charge in [0.1, 0.15) is 0 Å². The van der Waals surface area contributed by atoms with E-state index < -0.39 is 19.8 Å². The van der Waals surface area contributed by atoms with E-state index in [1.807, 2.05) is 29.2 Å². The van der Waals surface area contributed by atoms with Crippen molar-refractivity contribution < 1.29 is 14.3 Å². The predicted octanol–water partition coefficient (Wildman–Crippen LogP) is 1.60. The fourth-order valence-electron chi connectivity index (χ4n) is 3.13. The van der Waals surface area contributed by atoms with Gasteiger partial charge in [-0.15, -0.1) is 0 Å². The summed E-state index contributed by atoms with van der Waals surface area (Å²) in [6, 6.07) is 7.62. The van der Waals surface area contributed by atoms with Crippen LogP contribution in [0.2, 0.25) is 0 Å². The quantitative estimate of drug-likeness (QED) is 0.585. The molecule has 0 radical (unpaired) electrons. The number of carbonyl (C=O) groups excluding carboxylic acids is 2. The minimum absolute atomic E-state index is 0.244. The molecule has 7 heteroatoms. The Balaban J connectivity index is 1.49. The molecule has 0 aromatic heterocycles. The number of ether oxygens (including phenoxy) is 1. The third-order valence-electron chi connectivity index (χ3n) is 4.56. The Bertz CT molecular complexity index is 636. The van der Waals surface area contributed by atoms with Crippen molar-refractivity contribution in [2.24, 2.45) is 5.73 Å². The Morgan fingerprint density at radius 3 is 2.52 bits per heavy atom. The van der Waals surface area contributed by atoms with Crippen LogP contribution in [0.3, 0.4) is 0 Å². The summed E-state index contributed by atoms with van der Waals surface area (Å²) >= 11 is -0.882. The molecule has 23 heavy (non-hydrogen) atoms. The van der Waals surface area contributed by atoms with Crippen molar-refractivity contribution in [3.05, 3.63) is 24.3 Å². The van der Waals surface area contributed by atoms with Gasteiger partial charge in [0.25, 0.3) is 0 Å². The summed E-state index contributed by atoms with van der Waals surface area (Å²) in [5.41, 5.74) is 7.28. The maximum atomic E-state index is 12.4. The van der Waals surface area contributed by atoms with E-state index in [9.17, 15) is 9.59 Å². The van der Waals surface area contributed by atoms with Crippen LogP contribution in [0, 0.1) is 0 Å². The molecule has 2 unspecified atom stereocenters. The average Bonchev–Trinajstić information content (AvgIpc) is 3.20. The number of hydrogen-bond acceptors (Lipinski definition) is 4. The van der Waals surface area contributed by atoms with Gasteiger partial charge < -0.3 is 0 Å². The van der Waals surface area contributed by atoms with Gasteiger partial charge in [-0.3, -0.25) is 0 Å². The molecule has 3 heterocycles. The number of halogens is 1. The normalized spacial score (nSPS) is 28.5. The topological polar surface area (TPSA) is 75.9 Å². The Morgan fingerprint density at radius 2 is 1.87 bits per heavy atom. The van der Waals surface area contributed by atoms with Gasteiger partial charge in [0.15, 0.2) is 0 Å². The fraction of sp³-hybridized carbons (Fsp3) is 0.500. The van der Waals surface area contributed by atoms with Gasteiger partial charge in [0.2, 0.25) is 0 Å². The van der Waals surface area contributed by atoms with Crippen molar-refractivity contribution in [3.8, 4) is 0 Å². The average molecular weight is 429 g/mol. The summed E-state index contributed by atoms with van der Waals surface area (Å²) in [6.45, 7) is 1.64. The minimum atomic E-state index is -0.882. The molecular formula is C16H20IN3O3. The van der Waals surface area contributed by atoms with E-state index in [2.05, 4.69) is 0 Å². The number of nitrogens with two attached hydrogens (primary N) is 1. The summed E-state index contributed by atoms with van der Waals surface area (Å²) in [5, 5.41) is 0. The monoisotopic (exact) mass is 429 g/mol. The molecule has 4 rings (SSSR count). The van der Waals surface area contributed by atoms with Crippen LogP contribution in [0.15, 0.2) is 24.3 Å². The third kappa shape index (κ3) is 2.91. The van der Waals surface area contributed by atoms with Gasteiger partial charge in [-0.2, -0.15) is 0 Å². The van der Waals surface area contributed by atoms with Crippen LogP contribution in [-0.2, 0) is 9.53 Å². The number of carbonyl (C=O) groups is 2. The molecule has 0 bridgehead atoms. The molecule has 2 atom stereocenters. The van der Waals surface area contributed by atoms with Crippen LogP contribution in [0.25, 0.3) is 0 Å². The molecule has 0 saturated carbocycles. The Labute approximate surface area is 142 Å². The van der Waals surface area contributed by atoms with Crippen molar-refractivity contribution in [2.75, 3.05) is 38.3 Å². The molecular weight excluding hydrogens is 409 g/mol. The molecule has 1 aromatic carbocycles. The van der Waals surface area contributed by atoms with Crippen LogP contribution in [0.4, 0.5) is 16.2 Å². The van der Waals surface area contributed by atoms with E-state index in [0.29, 0.717) is 13.1 Å². The maximum absolute atomic E-state index is 12.4. The van der Waals surface area contributed by atoms with Gasteiger partial charge in [-0.1, -0.05) is 0 Å². The van der Waals surface area contributed by atoms with Crippen molar-refractivity contribution in [1.29, 1.82) is 0 Å². The summed E-state index contributed by atoms with van der Waals surface area (Å²) in [6.07, 6.45) is 0.562. The summed E-state index contributed by atoms with van der Waals surface area (Å²) in [7, 11) is 0. The Morgan fingerprint density at radius 1 is 1.17 bits per heavy atom. The van der Waals surface area contributed by atoms with Crippen LogP contribution in [0.1, 0.15) is 6.42 Å². The van der Waals surface area contributed by atoms with E-state index in [-0.39, 0.29) is 18.1 Å². The predicted molar refractivity (Wildman–Crippen MR) is 97.6 cm³/mol. The molecule has 6 nitrogen and oxygen atoms in total. The van der Waals surface area contributed by atoms with Gasteiger partial charge in [0, 0.05) is 0 Å². The third-order valence-corrected chi connectivity index (χ3v) is 10.8. The van der Waals surface area contributed by atoms with Crippen molar-refractivity contribution >= 4 is 43.2 Å². The molecule has 3 saturated heterocycles. The number of fused-ring (bicyclic) bond motifs is 1. The standard InChI is InChI=1S/C16H20IN3O3/c18-9-14-10-20(16(22)23-14)13-3-1-12(2-4-13)19-6-5-11-7-17(11)8-15(19)21/h1-4,11,14H,5-10,18H2. The summed E-state index contributed by atoms with van der Waals surface area (Å²) in [4.78, 5) is 27.8. The van der Waals surface area contributed by atoms with E-state index >= 15 is 0 Å². The van der Waals surface area contributed by atoms with Crippen LogP contribution in [0.5, 0.6) is 0 Å². The zero-order valence-electron chi connectivity index (χ0n) is 12.8. The number of alkyl halides is 3. The molecule has 1 aromatic rings. The molecule has 3 aliphatic rings. The second kappa shape index (κ2) is 5.94. The zero-order valence-corrected chi connectivity index (χ0v) is 14.9. The van der Waals surface area contributed by atoms with Crippen LogP contribution in [-0.4, -0.2) is 50.5 Å². The Kier molecular flexibility index (Phi) is 3.92. The number of hydrogen-bond donors (Lipinski definition) is 1. The molecule has 3 aliphatic heterocycles. The van der Waals surface area contributed by atoms with Gasteiger partial charge in [-0.05, 0) is 0 Å². The molecule has 2 N–H and O–H groups in total. The van der Waals surface area contributed by atoms with E-state index in [0.717, 1.165) is 32.7 Å². The molecule has 3 fully saturated rings. The number of rotatable bonds is 3. The van der Waals surface area contributed by atoms with E-state index in [1.54, 1.807) is 4.90 Å². The number of cyclic esters (lactones) is 1. The SMILES string of the molecule is NCC1CN(c2ccc(N3CCC4CI4CC3=O)cc2)C(=O)O1. The number of benzene rings is 1. The molecule has 0 aliphatic carbocycles. The molecule has 124 valence electrons. The first-order valence-electron chi connectivity index (χ1n) is 7.84. The molecule has 2 amide bonds. The van der Waals surface area contributed by atoms with E-state index in [1.165, 1.54) is 4.43 Å². The first-order valence-corrected chi connectivity index (χ1v) is 12.1. The second-order valence-electron chi connectivity index (χ2n) is 6.09. The first kappa shape index (κ1) is 15.2. The van der Waals surface area contributed by atoms with Crippen LogP contribution < -0.4 is 15.5 Å². The number of amides is 2. The summed E-state index contributed by atoms with van der Waals surface area (Å²) in [5.74, 6) is 0.284. The van der Waals surface area contributed by atoms with Crippen molar-refractivity contribution in [1.82, 2.24) is 0 Å².